The molecule has 2 aromatic rings. The van der Waals surface area contributed by atoms with E-state index < -0.39 is 0 Å². The predicted molar refractivity (Wildman–Crippen MR) is 82.8 cm³/mol. The third kappa shape index (κ3) is 5.13. The van der Waals surface area contributed by atoms with Crippen LogP contribution in [-0.4, -0.2) is 17.6 Å². The van der Waals surface area contributed by atoms with Crippen LogP contribution in [-0.2, 0) is 12.8 Å². The smallest absolute Gasteiger partial charge is 0.0940 e. The number of thiazole rings is 1. The Hall–Kier alpha value is -1.19. The molecule has 2 rings (SSSR count). The van der Waals surface area contributed by atoms with Crippen molar-refractivity contribution in [3.05, 3.63) is 52.0 Å². The molecule has 0 amide bonds. The number of nitrogens with one attached hydrogen (secondary N) is 1. The minimum atomic E-state index is 0.557. The zero-order valence-electron chi connectivity index (χ0n) is 11.7. The quantitative estimate of drug-likeness (QED) is 0.834. The van der Waals surface area contributed by atoms with Crippen LogP contribution >= 0.6 is 11.3 Å². The molecule has 102 valence electrons. The van der Waals surface area contributed by atoms with Gasteiger partial charge in [0.15, 0.2) is 0 Å². The fraction of sp³-hybridized carbons (Fsp3) is 0.438. The summed E-state index contributed by atoms with van der Waals surface area (Å²) in [5.74, 6) is 0. The highest BCUT2D eigenvalue weighted by molar-refractivity contribution is 7.09. The fourth-order valence-electron chi connectivity index (χ4n) is 2.07. The molecular formula is C16H22N2S. The molecule has 0 saturated heterocycles. The number of aryl methyl sites for hydroxylation is 2. The van der Waals surface area contributed by atoms with Crippen molar-refractivity contribution in [3.8, 4) is 0 Å². The van der Waals surface area contributed by atoms with Crippen molar-refractivity contribution in [1.29, 1.82) is 0 Å². The molecule has 1 aromatic carbocycles. The summed E-state index contributed by atoms with van der Waals surface area (Å²) in [7, 11) is 0. The van der Waals surface area contributed by atoms with Crippen molar-refractivity contribution in [2.24, 2.45) is 0 Å². The van der Waals surface area contributed by atoms with Crippen LogP contribution in [0.4, 0.5) is 0 Å². The number of hydrogen-bond donors (Lipinski definition) is 1. The summed E-state index contributed by atoms with van der Waals surface area (Å²) < 4.78 is 0. The predicted octanol–water partition coefficient (Wildman–Crippen LogP) is 3.60. The summed E-state index contributed by atoms with van der Waals surface area (Å²) in [5.41, 5.74) is 2.56. The van der Waals surface area contributed by atoms with Crippen molar-refractivity contribution in [2.75, 3.05) is 6.54 Å². The first-order chi connectivity index (χ1) is 9.24. The third-order valence-corrected chi connectivity index (χ3v) is 4.23. The molecule has 0 fully saturated rings. The van der Waals surface area contributed by atoms with Gasteiger partial charge in [-0.3, -0.25) is 0 Å². The molecule has 1 atom stereocenters. The van der Waals surface area contributed by atoms with Gasteiger partial charge in [0, 0.05) is 30.1 Å². The van der Waals surface area contributed by atoms with Gasteiger partial charge in [-0.25, -0.2) is 4.98 Å². The van der Waals surface area contributed by atoms with E-state index >= 15 is 0 Å². The second kappa shape index (κ2) is 7.41. The lowest BCUT2D eigenvalue weighted by Crippen LogP contribution is -2.28. The van der Waals surface area contributed by atoms with E-state index in [4.69, 9.17) is 0 Å². The van der Waals surface area contributed by atoms with Gasteiger partial charge in [-0.05, 0) is 32.3 Å². The molecule has 1 unspecified atom stereocenters. The van der Waals surface area contributed by atoms with Crippen molar-refractivity contribution in [3.63, 3.8) is 0 Å². The molecule has 1 N–H and O–H groups in total. The van der Waals surface area contributed by atoms with Gasteiger partial charge in [0.2, 0.25) is 0 Å². The maximum atomic E-state index is 4.48. The SMILES string of the molecule is Cc1csc(CCNC(C)CCc2ccccc2)n1. The monoisotopic (exact) mass is 274 g/mol. The van der Waals surface area contributed by atoms with Gasteiger partial charge in [-0.1, -0.05) is 30.3 Å². The molecule has 0 saturated carbocycles. The molecule has 2 nitrogen and oxygen atoms in total. The normalized spacial score (nSPS) is 12.5. The van der Waals surface area contributed by atoms with Crippen molar-refractivity contribution in [2.45, 2.75) is 39.2 Å². The highest BCUT2D eigenvalue weighted by Crippen LogP contribution is 2.09. The second-order valence-corrected chi connectivity index (χ2v) is 5.95. The first-order valence-corrected chi connectivity index (χ1v) is 7.80. The summed E-state index contributed by atoms with van der Waals surface area (Å²) >= 11 is 1.76. The van der Waals surface area contributed by atoms with Crippen LogP contribution in [0.25, 0.3) is 0 Å². The Morgan fingerprint density at radius 1 is 1.21 bits per heavy atom. The summed E-state index contributed by atoms with van der Waals surface area (Å²) in [4.78, 5) is 4.48. The molecule has 0 bridgehead atoms. The van der Waals surface area contributed by atoms with E-state index in [9.17, 15) is 0 Å². The Bertz CT molecular complexity index is 479. The lowest BCUT2D eigenvalue weighted by Gasteiger charge is -2.13. The summed E-state index contributed by atoms with van der Waals surface area (Å²) in [6, 6.07) is 11.2. The van der Waals surface area contributed by atoms with Gasteiger partial charge < -0.3 is 5.32 Å². The standard InChI is InChI=1S/C16H22N2S/c1-13(8-9-15-6-4-3-5-7-15)17-11-10-16-18-14(2)12-19-16/h3-7,12-13,17H,8-11H2,1-2H3. The van der Waals surface area contributed by atoms with Crippen LogP contribution in [0.3, 0.4) is 0 Å². The average molecular weight is 274 g/mol. The van der Waals surface area contributed by atoms with E-state index in [-0.39, 0.29) is 0 Å². The molecule has 0 spiro atoms. The van der Waals surface area contributed by atoms with Crippen LogP contribution in [0.2, 0.25) is 0 Å². The van der Waals surface area contributed by atoms with Gasteiger partial charge in [0.1, 0.15) is 0 Å². The zero-order chi connectivity index (χ0) is 13.5. The summed E-state index contributed by atoms with van der Waals surface area (Å²) in [5, 5.41) is 6.93. The highest BCUT2D eigenvalue weighted by atomic mass is 32.1. The molecule has 0 radical (unpaired) electrons. The minimum absolute atomic E-state index is 0.557. The van der Waals surface area contributed by atoms with Crippen LogP contribution in [0.1, 0.15) is 29.6 Å². The first kappa shape index (κ1) is 14.2. The van der Waals surface area contributed by atoms with E-state index in [0.29, 0.717) is 6.04 Å². The Balaban J connectivity index is 1.63. The second-order valence-electron chi connectivity index (χ2n) is 5.01. The van der Waals surface area contributed by atoms with E-state index in [2.05, 4.69) is 59.9 Å². The zero-order valence-corrected chi connectivity index (χ0v) is 12.5. The Labute approximate surface area is 119 Å². The Morgan fingerprint density at radius 2 is 2.00 bits per heavy atom. The van der Waals surface area contributed by atoms with Crippen molar-refractivity contribution in [1.82, 2.24) is 10.3 Å². The van der Waals surface area contributed by atoms with Crippen LogP contribution in [0, 0.1) is 6.92 Å². The number of benzene rings is 1. The van der Waals surface area contributed by atoms with E-state index in [0.717, 1.165) is 25.1 Å². The van der Waals surface area contributed by atoms with Gasteiger partial charge in [-0.2, -0.15) is 0 Å². The number of hydrogen-bond acceptors (Lipinski definition) is 3. The molecule has 19 heavy (non-hydrogen) atoms. The molecule has 0 aliphatic heterocycles. The van der Waals surface area contributed by atoms with Gasteiger partial charge in [0.25, 0.3) is 0 Å². The van der Waals surface area contributed by atoms with E-state index in [1.54, 1.807) is 11.3 Å². The Kier molecular flexibility index (Phi) is 5.55. The van der Waals surface area contributed by atoms with E-state index in [1.165, 1.54) is 17.0 Å². The average Bonchev–Trinajstić information content (AvgIpc) is 2.83. The minimum Gasteiger partial charge on any atom is -0.314 e. The van der Waals surface area contributed by atoms with E-state index in [1.807, 2.05) is 0 Å². The lowest BCUT2D eigenvalue weighted by atomic mass is 10.1. The summed E-state index contributed by atoms with van der Waals surface area (Å²) in [6.07, 6.45) is 3.36. The highest BCUT2D eigenvalue weighted by Gasteiger charge is 2.03. The first-order valence-electron chi connectivity index (χ1n) is 6.92. The molecule has 0 aliphatic rings. The van der Waals surface area contributed by atoms with Gasteiger partial charge in [-0.15, -0.1) is 11.3 Å². The van der Waals surface area contributed by atoms with Crippen LogP contribution in [0.15, 0.2) is 35.7 Å². The largest absolute Gasteiger partial charge is 0.314 e. The maximum Gasteiger partial charge on any atom is 0.0940 e. The summed E-state index contributed by atoms with van der Waals surface area (Å²) in [6.45, 7) is 5.33. The maximum absolute atomic E-state index is 4.48. The van der Waals surface area contributed by atoms with Crippen LogP contribution < -0.4 is 5.32 Å². The number of rotatable bonds is 7. The number of nitrogens with zero attached hydrogens (tertiary/aromatic N) is 1. The molecular weight excluding hydrogens is 252 g/mol. The molecule has 1 aromatic heterocycles. The molecule has 1 heterocycles. The van der Waals surface area contributed by atoms with Gasteiger partial charge in [0.05, 0.1) is 5.01 Å². The van der Waals surface area contributed by atoms with Crippen LogP contribution in [0.5, 0.6) is 0 Å². The number of aromatic nitrogens is 1. The molecule has 3 heteroatoms. The Morgan fingerprint density at radius 3 is 2.68 bits per heavy atom. The van der Waals surface area contributed by atoms with Gasteiger partial charge >= 0.3 is 0 Å². The fourth-order valence-corrected chi connectivity index (χ4v) is 2.85. The third-order valence-electron chi connectivity index (χ3n) is 3.21. The molecule has 0 aliphatic carbocycles. The van der Waals surface area contributed by atoms with Crippen molar-refractivity contribution >= 4 is 11.3 Å². The lowest BCUT2D eigenvalue weighted by molar-refractivity contribution is 0.517. The van der Waals surface area contributed by atoms with Crippen molar-refractivity contribution < 1.29 is 0 Å². The topological polar surface area (TPSA) is 24.9 Å².